The fourth-order valence-electron chi connectivity index (χ4n) is 0.858. The Morgan fingerprint density at radius 2 is 2.67 bits per heavy atom. The van der Waals surface area contributed by atoms with Crippen LogP contribution in [-0.4, -0.2) is 18.1 Å². The van der Waals surface area contributed by atoms with Gasteiger partial charge in [-0.3, -0.25) is 4.98 Å². The minimum atomic E-state index is -2.92. The van der Waals surface area contributed by atoms with Gasteiger partial charge in [0.15, 0.2) is 0 Å². The van der Waals surface area contributed by atoms with Crippen molar-refractivity contribution in [3.8, 4) is 0 Å². The summed E-state index contributed by atoms with van der Waals surface area (Å²) in [6.07, 6.45) is -0.341. The summed E-state index contributed by atoms with van der Waals surface area (Å²) in [7, 11) is 0. The smallest absolute Gasteiger partial charge is 0.0573 e. The van der Waals surface area contributed by atoms with Crippen molar-refractivity contribution in [1.82, 2.24) is 4.98 Å². The number of hydrogen-bond donors (Lipinski definition) is 0. The van der Waals surface area contributed by atoms with Crippen molar-refractivity contribution in [2.45, 2.75) is 12.3 Å². The molecule has 0 aliphatic carbocycles. The Kier molecular flexibility index (Phi) is 0.999. The van der Waals surface area contributed by atoms with E-state index in [2.05, 4.69) is 25.7 Å². The monoisotopic (exact) mass is 234 g/mol. The van der Waals surface area contributed by atoms with Crippen LogP contribution in [0.1, 0.15) is 27.4 Å². The van der Waals surface area contributed by atoms with Gasteiger partial charge in [-0.15, -0.1) is 0 Å². The van der Waals surface area contributed by atoms with E-state index < -0.39 is 25.4 Å². The third-order valence-corrected chi connectivity index (χ3v) is 1.81. The zero-order valence-corrected chi connectivity index (χ0v) is 7.55. The molecule has 12 heavy (non-hydrogen) atoms. The van der Waals surface area contributed by atoms with Gasteiger partial charge in [0.2, 0.25) is 0 Å². The lowest BCUT2D eigenvalue weighted by atomic mass is 10.0. The molecule has 3 heteroatoms. The topological polar surface area (TPSA) is 22.1 Å². The molecule has 0 bridgehead atoms. The van der Waals surface area contributed by atoms with E-state index in [9.17, 15) is 0 Å². The number of halogens is 1. The molecule has 2 heterocycles. The molecule has 0 N–H and O–H groups in total. The van der Waals surface area contributed by atoms with Gasteiger partial charge in [-0.2, -0.15) is 0 Å². The summed E-state index contributed by atoms with van der Waals surface area (Å²) in [5.41, 5.74) is -0.0988. The lowest BCUT2D eigenvalue weighted by Crippen LogP contribution is -1.97. The molecule has 2 nitrogen and oxygen atoms in total. The molecule has 0 spiro atoms. The maximum atomic E-state index is 8.20. The van der Waals surface area contributed by atoms with Gasteiger partial charge in [-0.05, 0) is 33.9 Å². The molecule has 1 aromatic rings. The van der Waals surface area contributed by atoms with Crippen LogP contribution in [0.25, 0.3) is 0 Å². The van der Waals surface area contributed by atoms with E-state index in [1.807, 2.05) is 0 Å². The quantitative estimate of drug-likeness (QED) is 0.745. The first-order valence-electron chi connectivity index (χ1n) is 6.77. The number of aromatic nitrogens is 1. The van der Waals surface area contributed by atoms with E-state index in [4.69, 9.17) is 9.60 Å². The van der Waals surface area contributed by atoms with Crippen molar-refractivity contribution in [2.24, 2.45) is 0 Å². The molecule has 1 aliphatic heterocycles. The number of ether oxygens (including phenoxy) is 1. The molecule has 1 atom stereocenters. The van der Waals surface area contributed by atoms with Crippen molar-refractivity contribution in [2.75, 3.05) is 13.1 Å². The van der Waals surface area contributed by atoms with Gasteiger partial charge in [0.1, 0.15) is 0 Å². The molecule has 64 valence electrons. The SMILES string of the molecule is [2H]C1([2H])OC([2H])([2H])C([2H])(c2cncc(Br)c2)C1([2H])[2H]. The zero-order valence-electron chi connectivity index (χ0n) is 13.0. The zero-order chi connectivity index (χ0) is 14.7. The average Bonchev–Trinajstić information content (AvgIpc) is 2.34. The summed E-state index contributed by atoms with van der Waals surface area (Å²) in [4.78, 5) is 3.77. The fraction of sp³-hybridized carbons (Fsp3) is 0.444. The lowest BCUT2D eigenvalue weighted by molar-refractivity contribution is 0.194. The van der Waals surface area contributed by atoms with Gasteiger partial charge in [0, 0.05) is 33.4 Å². The van der Waals surface area contributed by atoms with Crippen LogP contribution < -0.4 is 0 Å². The number of rotatable bonds is 1. The van der Waals surface area contributed by atoms with Crippen molar-refractivity contribution >= 4 is 15.9 Å². The maximum absolute atomic E-state index is 8.20. The Labute approximate surface area is 89.9 Å². The molecule has 1 aliphatic rings. The highest BCUT2D eigenvalue weighted by atomic mass is 79.9. The third kappa shape index (κ3) is 1.67. The summed E-state index contributed by atoms with van der Waals surface area (Å²) in [5.74, 6) is -2.57. The number of hydrogen-bond acceptors (Lipinski definition) is 2. The Morgan fingerprint density at radius 3 is 3.33 bits per heavy atom. The molecule has 0 amide bonds. The fourth-order valence-corrected chi connectivity index (χ4v) is 1.22. The molecule has 1 unspecified atom stereocenters. The first-order valence-corrected chi connectivity index (χ1v) is 4.06. The standard InChI is InChI=1S/C9H10BrNO/c10-9-3-8(4-11-5-9)7-1-2-12-6-7/h3-5,7H,1-2,6H2/i1D2,2D2,6D2,7D. The van der Waals surface area contributed by atoms with Gasteiger partial charge in [-0.1, -0.05) is 0 Å². The summed E-state index contributed by atoms with van der Waals surface area (Å²) in [5, 5.41) is 0. The predicted molar refractivity (Wildman–Crippen MR) is 50.1 cm³/mol. The van der Waals surface area contributed by atoms with Crippen LogP contribution in [0.5, 0.6) is 0 Å². The summed E-state index contributed by atoms with van der Waals surface area (Å²) in [6, 6.07) is 1.33. The second-order valence-corrected chi connectivity index (χ2v) is 3.11. The lowest BCUT2D eigenvalue weighted by Gasteiger charge is -2.06. The van der Waals surface area contributed by atoms with Crippen LogP contribution >= 0.6 is 15.9 Å². The summed E-state index contributed by atoms with van der Waals surface area (Å²) < 4.78 is 59.1. The number of nitrogens with zero attached hydrogens (tertiary/aromatic N) is 1. The Hall–Kier alpha value is -0.410. The van der Waals surface area contributed by atoms with Crippen molar-refractivity contribution in [3.63, 3.8) is 0 Å². The minimum absolute atomic E-state index is 0.0988. The van der Waals surface area contributed by atoms with Gasteiger partial charge >= 0.3 is 0 Å². The molecule has 0 radical (unpaired) electrons. The highest BCUT2D eigenvalue weighted by molar-refractivity contribution is 9.10. The summed E-state index contributed by atoms with van der Waals surface area (Å²) >= 11 is 3.11. The third-order valence-electron chi connectivity index (χ3n) is 1.37. The van der Waals surface area contributed by atoms with Gasteiger partial charge in [-0.25, -0.2) is 0 Å². The first kappa shape index (κ1) is 3.39. The van der Waals surface area contributed by atoms with Crippen molar-refractivity contribution in [1.29, 1.82) is 0 Å². The molecular formula is C9H10BrNO. The second kappa shape index (κ2) is 3.54. The largest absolute Gasteiger partial charge is 0.381 e. The minimum Gasteiger partial charge on any atom is -0.381 e. The van der Waals surface area contributed by atoms with Gasteiger partial charge in [0.25, 0.3) is 0 Å². The van der Waals surface area contributed by atoms with E-state index in [0.717, 1.165) is 6.20 Å². The first-order chi connectivity index (χ1) is 8.46. The maximum Gasteiger partial charge on any atom is 0.0573 e. The molecule has 0 saturated carbocycles. The van der Waals surface area contributed by atoms with E-state index >= 15 is 0 Å². The van der Waals surface area contributed by atoms with Crippen molar-refractivity contribution in [3.05, 3.63) is 28.5 Å². The molecule has 1 fully saturated rings. The second-order valence-electron chi connectivity index (χ2n) is 2.20. The Morgan fingerprint density at radius 1 is 1.75 bits per heavy atom. The average molecular weight is 235 g/mol. The van der Waals surface area contributed by atoms with Crippen molar-refractivity contribution < 1.29 is 14.3 Å². The van der Waals surface area contributed by atoms with Crippen LogP contribution in [0, 0.1) is 0 Å². The van der Waals surface area contributed by atoms with Crippen LogP contribution in [0.2, 0.25) is 0 Å². The van der Waals surface area contributed by atoms with Gasteiger partial charge in [0.05, 0.1) is 12.0 Å². The highest BCUT2D eigenvalue weighted by Crippen LogP contribution is 2.25. The van der Waals surface area contributed by atoms with Crippen LogP contribution in [0.3, 0.4) is 0 Å². The van der Waals surface area contributed by atoms with E-state index in [0.29, 0.717) is 4.47 Å². The van der Waals surface area contributed by atoms with Gasteiger partial charge < -0.3 is 4.74 Å². The predicted octanol–water partition coefficient (Wildman–Crippen LogP) is 2.35. The normalized spacial score (nSPS) is 50.2. The van der Waals surface area contributed by atoms with Crippen LogP contribution in [-0.2, 0) is 4.74 Å². The molecule has 1 saturated heterocycles. The highest BCUT2D eigenvalue weighted by Gasteiger charge is 2.17. The molecule has 2 rings (SSSR count). The molecule has 1 aromatic heterocycles. The van der Waals surface area contributed by atoms with Crippen LogP contribution in [0.15, 0.2) is 22.9 Å². The number of pyridine rings is 1. The molecular weight excluding hydrogens is 218 g/mol. The van der Waals surface area contributed by atoms with E-state index in [1.54, 1.807) is 0 Å². The Bertz CT molecular complexity index is 523. The summed E-state index contributed by atoms with van der Waals surface area (Å²) in [6.45, 7) is -5.75. The van der Waals surface area contributed by atoms with Crippen LogP contribution in [0.4, 0.5) is 0 Å². The molecule has 0 aromatic carbocycles. The van der Waals surface area contributed by atoms with E-state index in [1.165, 1.54) is 12.3 Å². The Balaban J connectivity index is 2.70. The van der Waals surface area contributed by atoms with E-state index in [-0.39, 0.29) is 5.56 Å².